The molecule has 0 spiro atoms. The number of amides is 1. The Morgan fingerprint density at radius 2 is 1.97 bits per heavy atom. The van der Waals surface area contributed by atoms with Crippen molar-refractivity contribution in [1.82, 2.24) is 20.7 Å². The molecule has 2 fully saturated rings. The third-order valence-electron chi connectivity index (χ3n) is 6.00. The van der Waals surface area contributed by atoms with Crippen LogP contribution in [0, 0.1) is 0 Å². The number of hydrazine groups is 1. The van der Waals surface area contributed by atoms with Gasteiger partial charge in [0.2, 0.25) is 5.91 Å². The van der Waals surface area contributed by atoms with Crippen molar-refractivity contribution in [3.8, 4) is 11.5 Å². The van der Waals surface area contributed by atoms with E-state index in [2.05, 4.69) is 32.9 Å². The molecule has 2 aliphatic rings. The van der Waals surface area contributed by atoms with Crippen LogP contribution >= 0.6 is 0 Å². The van der Waals surface area contributed by atoms with Crippen molar-refractivity contribution in [2.75, 3.05) is 27.3 Å². The van der Waals surface area contributed by atoms with Crippen LogP contribution in [0.5, 0.6) is 11.5 Å². The number of rotatable bonds is 6. The lowest BCUT2D eigenvalue weighted by molar-refractivity contribution is -0.131. The zero-order chi connectivity index (χ0) is 20.2. The molecule has 0 saturated carbocycles. The first-order valence-electron chi connectivity index (χ1n) is 10.1. The molecule has 3 atom stereocenters. The van der Waals surface area contributed by atoms with Crippen LogP contribution in [0.1, 0.15) is 29.9 Å². The van der Waals surface area contributed by atoms with Gasteiger partial charge in [0, 0.05) is 43.5 Å². The summed E-state index contributed by atoms with van der Waals surface area (Å²) in [5, 5.41) is 0. The van der Waals surface area contributed by atoms with E-state index in [-0.39, 0.29) is 18.0 Å². The molecule has 7 nitrogen and oxygen atoms in total. The van der Waals surface area contributed by atoms with Crippen LogP contribution in [0.4, 0.5) is 0 Å². The Hall–Kier alpha value is -2.64. The summed E-state index contributed by atoms with van der Waals surface area (Å²) in [6, 6.07) is 10.2. The smallest absolute Gasteiger partial charge is 0.227 e. The zero-order valence-electron chi connectivity index (χ0n) is 16.9. The fourth-order valence-corrected chi connectivity index (χ4v) is 4.56. The lowest BCUT2D eigenvalue weighted by Crippen LogP contribution is -2.50. The summed E-state index contributed by atoms with van der Waals surface area (Å²) >= 11 is 0. The Morgan fingerprint density at radius 3 is 2.72 bits per heavy atom. The summed E-state index contributed by atoms with van der Waals surface area (Å²) in [4.78, 5) is 19.4. The first-order valence-corrected chi connectivity index (χ1v) is 10.1. The molecule has 0 bridgehead atoms. The van der Waals surface area contributed by atoms with Gasteiger partial charge in [-0.05, 0) is 48.2 Å². The Balaban J connectivity index is 1.49. The number of hydrogen-bond acceptors (Lipinski definition) is 6. The largest absolute Gasteiger partial charge is 0.493 e. The minimum Gasteiger partial charge on any atom is -0.493 e. The van der Waals surface area contributed by atoms with Gasteiger partial charge in [-0.15, -0.1) is 0 Å². The fraction of sp³-hybridized carbons (Fsp3) is 0.455. The molecular weight excluding hydrogens is 368 g/mol. The minimum absolute atomic E-state index is 0.155. The van der Waals surface area contributed by atoms with E-state index in [9.17, 15) is 4.79 Å². The van der Waals surface area contributed by atoms with Crippen molar-refractivity contribution < 1.29 is 14.3 Å². The quantitative estimate of drug-likeness (QED) is 0.777. The normalized spacial score (nSPS) is 23.9. The van der Waals surface area contributed by atoms with Crippen molar-refractivity contribution >= 4 is 5.91 Å². The Kier molecular flexibility index (Phi) is 5.97. The van der Waals surface area contributed by atoms with Crippen LogP contribution in [0.2, 0.25) is 0 Å². The van der Waals surface area contributed by atoms with Crippen LogP contribution in [-0.2, 0) is 11.2 Å². The maximum atomic E-state index is 13.2. The average Bonchev–Trinajstić information content (AvgIpc) is 3.43. The highest BCUT2D eigenvalue weighted by molar-refractivity contribution is 5.79. The molecule has 1 aromatic carbocycles. The summed E-state index contributed by atoms with van der Waals surface area (Å²) < 4.78 is 10.7. The first kappa shape index (κ1) is 19.7. The highest BCUT2D eigenvalue weighted by atomic mass is 16.5. The van der Waals surface area contributed by atoms with Gasteiger partial charge in [-0.3, -0.25) is 20.6 Å². The molecule has 1 aromatic heterocycles. The van der Waals surface area contributed by atoms with E-state index in [4.69, 9.17) is 9.47 Å². The molecule has 7 heteroatoms. The van der Waals surface area contributed by atoms with E-state index in [1.165, 1.54) is 5.56 Å². The predicted octanol–water partition coefficient (Wildman–Crippen LogP) is 1.89. The fourth-order valence-electron chi connectivity index (χ4n) is 4.56. The number of likely N-dealkylation sites (tertiary alicyclic amines) is 1. The van der Waals surface area contributed by atoms with Crippen molar-refractivity contribution in [2.24, 2.45) is 0 Å². The predicted molar refractivity (Wildman–Crippen MR) is 110 cm³/mol. The third-order valence-corrected chi connectivity index (χ3v) is 6.00. The van der Waals surface area contributed by atoms with E-state index in [0.717, 1.165) is 31.5 Å². The molecule has 2 aromatic rings. The summed E-state index contributed by atoms with van der Waals surface area (Å²) in [5.74, 6) is 1.79. The standard InChI is InChI=1S/C22H28N4O3/c1-28-19-6-5-15(12-20(19)29-2)13-21(27)26-11-3-4-18(26)22-17(14-24-25-22)16-7-9-23-10-8-16/h5-10,12,17-18,22,24-25H,3-4,11,13-14H2,1-2H3. The maximum Gasteiger partial charge on any atom is 0.227 e. The molecule has 154 valence electrons. The highest BCUT2D eigenvalue weighted by Gasteiger charge is 2.41. The number of nitrogens with one attached hydrogen (secondary N) is 2. The summed E-state index contributed by atoms with van der Waals surface area (Å²) in [7, 11) is 3.22. The van der Waals surface area contributed by atoms with Crippen LogP contribution in [0.25, 0.3) is 0 Å². The van der Waals surface area contributed by atoms with Gasteiger partial charge in [-0.1, -0.05) is 6.07 Å². The maximum absolute atomic E-state index is 13.2. The number of carbonyl (C=O) groups is 1. The van der Waals surface area contributed by atoms with Crippen molar-refractivity contribution in [3.05, 3.63) is 53.9 Å². The number of pyridine rings is 1. The van der Waals surface area contributed by atoms with Crippen molar-refractivity contribution in [2.45, 2.75) is 37.3 Å². The van der Waals surface area contributed by atoms with Gasteiger partial charge in [0.1, 0.15) is 0 Å². The van der Waals surface area contributed by atoms with E-state index >= 15 is 0 Å². The molecule has 3 unspecified atom stereocenters. The summed E-state index contributed by atoms with van der Waals surface area (Å²) in [6.07, 6.45) is 6.07. The molecule has 2 aliphatic heterocycles. The number of ether oxygens (including phenoxy) is 2. The van der Waals surface area contributed by atoms with Crippen LogP contribution in [-0.4, -0.2) is 55.2 Å². The lowest BCUT2D eigenvalue weighted by Gasteiger charge is -2.32. The van der Waals surface area contributed by atoms with E-state index < -0.39 is 0 Å². The number of benzene rings is 1. The monoisotopic (exact) mass is 396 g/mol. The number of nitrogens with zero attached hydrogens (tertiary/aromatic N) is 2. The molecule has 2 saturated heterocycles. The molecule has 2 N–H and O–H groups in total. The van der Waals surface area contributed by atoms with E-state index in [1.54, 1.807) is 14.2 Å². The Labute approximate surface area is 171 Å². The number of carbonyl (C=O) groups excluding carboxylic acids is 1. The second-order valence-electron chi connectivity index (χ2n) is 7.60. The molecule has 3 heterocycles. The van der Waals surface area contributed by atoms with Crippen molar-refractivity contribution in [1.29, 1.82) is 0 Å². The highest BCUT2D eigenvalue weighted by Crippen LogP contribution is 2.32. The zero-order valence-corrected chi connectivity index (χ0v) is 16.9. The van der Waals surface area contributed by atoms with E-state index in [1.807, 2.05) is 30.6 Å². The summed E-state index contributed by atoms with van der Waals surface area (Å²) in [6.45, 7) is 1.65. The minimum atomic E-state index is 0.155. The van der Waals surface area contributed by atoms with Gasteiger partial charge >= 0.3 is 0 Å². The van der Waals surface area contributed by atoms with Crippen LogP contribution in [0.15, 0.2) is 42.7 Å². The first-order chi connectivity index (χ1) is 14.2. The van der Waals surface area contributed by atoms with Crippen molar-refractivity contribution in [3.63, 3.8) is 0 Å². The molecular formula is C22H28N4O3. The molecule has 1 amide bonds. The average molecular weight is 396 g/mol. The van der Waals surface area contributed by atoms with Gasteiger partial charge in [-0.25, -0.2) is 0 Å². The lowest BCUT2D eigenvalue weighted by atomic mass is 9.88. The number of hydrogen-bond donors (Lipinski definition) is 2. The number of methoxy groups -OCH3 is 2. The van der Waals surface area contributed by atoms with Gasteiger partial charge in [0.25, 0.3) is 0 Å². The van der Waals surface area contributed by atoms with Gasteiger partial charge in [-0.2, -0.15) is 0 Å². The van der Waals surface area contributed by atoms with Gasteiger partial charge in [0.15, 0.2) is 11.5 Å². The molecule has 0 radical (unpaired) electrons. The molecule has 0 aliphatic carbocycles. The Bertz CT molecular complexity index is 845. The third kappa shape index (κ3) is 4.06. The second kappa shape index (κ2) is 8.80. The molecule has 4 rings (SSSR count). The van der Waals surface area contributed by atoms with E-state index in [0.29, 0.717) is 23.8 Å². The number of aromatic nitrogens is 1. The summed E-state index contributed by atoms with van der Waals surface area (Å²) in [5.41, 5.74) is 8.91. The second-order valence-corrected chi connectivity index (χ2v) is 7.60. The molecule has 29 heavy (non-hydrogen) atoms. The van der Waals surface area contributed by atoms with Crippen LogP contribution in [0.3, 0.4) is 0 Å². The topological polar surface area (TPSA) is 75.7 Å². The van der Waals surface area contributed by atoms with Crippen LogP contribution < -0.4 is 20.3 Å². The van der Waals surface area contributed by atoms with Gasteiger partial charge < -0.3 is 14.4 Å². The Morgan fingerprint density at radius 1 is 1.17 bits per heavy atom. The SMILES string of the molecule is COc1ccc(CC(=O)N2CCCC2C2NNCC2c2ccncc2)cc1OC. The van der Waals surface area contributed by atoms with Gasteiger partial charge in [0.05, 0.1) is 20.6 Å².